The van der Waals surface area contributed by atoms with E-state index < -0.39 is 0 Å². The lowest BCUT2D eigenvalue weighted by Crippen LogP contribution is -2.27. The van der Waals surface area contributed by atoms with Crippen LogP contribution in [0.15, 0.2) is 77.7 Å². The molecule has 0 unspecified atom stereocenters. The van der Waals surface area contributed by atoms with Gasteiger partial charge in [0.1, 0.15) is 18.1 Å². The Morgan fingerprint density at radius 3 is 2.44 bits per heavy atom. The third-order valence-electron chi connectivity index (χ3n) is 4.88. The summed E-state index contributed by atoms with van der Waals surface area (Å²) in [6, 6.07) is 23.3. The van der Waals surface area contributed by atoms with Crippen LogP contribution in [0.1, 0.15) is 23.6 Å². The van der Waals surface area contributed by atoms with Crippen molar-refractivity contribution in [2.45, 2.75) is 20.5 Å². The summed E-state index contributed by atoms with van der Waals surface area (Å²) >= 11 is 6.78. The van der Waals surface area contributed by atoms with E-state index in [1.165, 1.54) is 17.3 Å². The molecule has 0 spiro atoms. The van der Waals surface area contributed by atoms with Gasteiger partial charge in [0, 0.05) is 0 Å². The van der Waals surface area contributed by atoms with Crippen LogP contribution in [-0.2, 0) is 11.4 Å². The number of amides is 1. The number of ether oxygens (including phenoxy) is 2. The minimum absolute atomic E-state index is 0.130. The van der Waals surface area contributed by atoms with Crippen molar-refractivity contribution in [1.82, 2.24) is 0 Å². The molecule has 0 bridgehead atoms. The van der Waals surface area contributed by atoms with E-state index in [2.05, 4.69) is 31.2 Å². The molecule has 0 saturated carbocycles. The molecule has 162 valence electrons. The molecule has 1 aliphatic rings. The SMILES string of the molecule is CCOc1ccc(N2C(=O)/C(=C/c3cccc(OCc4ccc(C)cc4)c3)SC2=S)cc1. The Kier molecular flexibility index (Phi) is 6.93. The highest BCUT2D eigenvalue weighted by Gasteiger charge is 2.33. The van der Waals surface area contributed by atoms with E-state index in [-0.39, 0.29) is 5.91 Å². The molecule has 1 amide bonds. The molecule has 4 rings (SSSR count). The van der Waals surface area contributed by atoms with Crippen LogP contribution in [0.2, 0.25) is 0 Å². The number of rotatable bonds is 7. The molecule has 1 heterocycles. The molecule has 3 aromatic rings. The van der Waals surface area contributed by atoms with Gasteiger partial charge in [-0.1, -0.05) is 65.9 Å². The van der Waals surface area contributed by atoms with Gasteiger partial charge in [0.25, 0.3) is 5.91 Å². The van der Waals surface area contributed by atoms with Gasteiger partial charge in [0.15, 0.2) is 4.32 Å². The van der Waals surface area contributed by atoms with Gasteiger partial charge in [0.05, 0.1) is 17.2 Å². The molecule has 3 aromatic carbocycles. The number of anilines is 1. The van der Waals surface area contributed by atoms with Gasteiger partial charge in [-0.25, -0.2) is 0 Å². The van der Waals surface area contributed by atoms with Crippen LogP contribution < -0.4 is 14.4 Å². The van der Waals surface area contributed by atoms with Crippen LogP contribution in [0, 0.1) is 6.92 Å². The standard InChI is InChI=1S/C26H23NO3S2/c1-3-29-22-13-11-21(12-14-22)27-25(28)24(32-26(27)31)16-20-5-4-6-23(15-20)30-17-19-9-7-18(2)8-10-19/h4-16H,3,17H2,1-2H3/b24-16-. The van der Waals surface area contributed by atoms with E-state index in [0.717, 1.165) is 28.3 Å². The van der Waals surface area contributed by atoms with Crippen molar-refractivity contribution < 1.29 is 14.3 Å². The summed E-state index contributed by atoms with van der Waals surface area (Å²) in [4.78, 5) is 15.2. The van der Waals surface area contributed by atoms with E-state index >= 15 is 0 Å². The number of aryl methyl sites for hydroxylation is 1. The molecule has 1 saturated heterocycles. The highest BCUT2D eigenvalue weighted by atomic mass is 32.2. The van der Waals surface area contributed by atoms with Crippen LogP contribution >= 0.6 is 24.0 Å². The molecule has 0 radical (unpaired) electrons. The zero-order valence-electron chi connectivity index (χ0n) is 17.9. The van der Waals surface area contributed by atoms with Crippen molar-refractivity contribution in [2.24, 2.45) is 0 Å². The lowest BCUT2D eigenvalue weighted by atomic mass is 10.1. The van der Waals surface area contributed by atoms with Crippen molar-refractivity contribution in [3.8, 4) is 11.5 Å². The molecule has 0 aromatic heterocycles. The maximum Gasteiger partial charge on any atom is 0.270 e. The summed E-state index contributed by atoms with van der Waals surface area (Å²) in [6.45, 7) is 5.08. The van der Waals surface area contributed by atoms with Crippen molar-refractivity contribution in [3.05, 3.63) is 94.4 Å². The zero-order chi connectivity index (χ0) is 22.5. The maximum atomic E-state index is 13.0. The van der Waals surface area contributed by atoms with Gasteiger partial charge < -0.3 is 9.47 Å². The summed E-state index contributed by atoms with van der Waals surface area (Å²) in [6.07, 6.45) is 1.85. The van der Waals surface area contributed by atoms with Crippen LogP contribution in [0.3, 0.4) is 0 Å². The first-order valence-corrected chi connectivity index (χ1v) is 11.5. The van der Waals surface area contributed by atoms with Gasteiger partial charge in [-0.2, -0.15) is 0 Å². The fourth-order valence-corrected chi connectivity index (χ4v) is 4.54. The first-order valence-electron chi connectivity index (χ1n) is 10.3. The summed E-state index contributed by atoms with van der Waals surface area (Å²) in [5.41, 5.74) is 3.95. The number of nitrogens with zero attached hydrogens (tertiary/aromatic N) is 1. The van der Waals surface area contributed by atoms with Crippen molar-refractivity contribution in [1.29, 1.82) is 0 Å². The van der Waals surface area contributed by atoms with Gasteiger partial charge >= 0.3 is 0 Å². The first kappa shape index (κ1) is 22.1. The smallest absolute Gasteiger partial charge is 0.270 e. The highest BCUT2D eigenvalue weighted by Crippen LogP contribution is 2.36. The Labute approximate surface area is 197 Å². The Morgan fingerprint density at radius 2 is 1.72 bits per heavy atom. The third-order valence-corrected chi connectivity index (χ3v) is 6.18. The minimum Gasteiger partial charge on any atom is -0.494 e. The molecule has 0 N–H and O–H groups in total. The second kappa shape index (κ2) is 10.0. The van der Waals surface area contributed by atoms with E-state index in [1.807, 2.05) is 61.5 Å². The Bertz CT molecular complexity index is 1150. The predicted octanol–water partition coefficient (Wildman–Crippen LogP) is 6.38. The van der Waals surface area contributed by atoms with Crippen LogP contribution in [0.25, 0.3) is 6.08 Å². The second-order valence-corrected chi connectivity index (χ2v) is 8.97. The fraction of sp³-hybridized carbons (Fsp3) is 0.154. The predicted molar refractivity (Wildman–Crippen MR) is 135 cm³/mol. The van der Waals surface area contributed by atoms with Crippen LogP contribution in [0.5, 0.6) is 11.5 Å². The monoisotopic (exact) mass is 461 g/mol. The fourth-order valence-electron chi connectivity index (χ4n) is 3.24. The van der Waals surface area contributed by atoms with Gasteiger partial charge in [-0.15, -0.1) is 0 Å². The number of benzene rings is 3. The molecule has 4 nitrogen and oxygen atoms in total. The molecular formula is C26H23NO3S2. The molecule has 6 heteroatoms. The molecule has 1 aliphatic heterocycles. The van der Waals surface area contributed by atoms with E-state index in [1.54, 1.807) is 4.90 Å². The molecule has 1 fully saturated rings. The number of carbonyl (C=O) groups is 1. The Hall–Kier alpha value is -3.09. The molecule has 32 heavy (non-hydrogen) atoms. The average molecular weight is 462 g/mol. The van der Waals surface area contributed by atoms with Crippen LogP contribution in [0.4, 0.5) is 5.69 Å². The van der Waals surface area contributed by atoms with Gasteiger partial charge in [-0.3, -0.25) is 9.69 Å². The number of hydrogen-bond donors (Lipinski definition) is 0. The number of carbonyl (C=O) groups excluding carboxylic acids is 1. The summed E-state index contributed by atoms with van der Waals surface area (Å²) in [5, 5.41) is 0. The number of hydrogen-bond acceptors (Lipinski definition) is 5. The Morgan fingerprint density at radius 1 is 0.969 bits per heavy atom. The lowest BCUT2D eigenvalue weighted by Gasteiger charge is -2.15. The summed E-state index contributed by atoms with van der Waals surface area (Å²) in [7, 11) is 0. The topological polar surface area (TPSA) is 38.8 Å². The van der Waals surface area contributed by atoms with E-state index in [0.29, 0.717) is 22.4 Å². The molecule has 0 aliphatic carbocycles. The quantitative estimate of drug-likeness (QED) is 0.302. The van der Waals surface area contributed by atoms with E-state index in [4.69, 9.17) is 21.7 Å². The van der Waals surface area contributed by atoms with E-state index in [9.17, 15) is 4.79 Å². The molecular weight excluding hydrogens is 438 g/mol. The zero-order valence-corrected chi connectivity index (χ0v) is 19.5. The summed E-state index contributed by atoms with van der Waals surface area (Å²) in [5.74, 6) is 1.39. The Balaban J connectivity index is 1.47. The van der Waals surface area contributed by atoms with Crippen molar-refractivity contribution in [2.75, 3.05) is 11.5 Å². The van der Waals surface area contributed by atoms with Crippen molar-refractivity contribution in [3.63, 3.8) is 0 Å². The molecule has 0 atom stereocenters. The highest BCUT2D eigenvalue weighted by molar-refractivity contribution is 8.27. The second-order valence-electron chi connectivity index (χ2n) is 7.29. The van der Waals surface area contributed by atoms with Gasteiger partial charge in [0.2, 0.25) is 0 Å². The maximum absolute atomic E-state index is 13.0. The van der Waals surface area contributed by atoms with Crippen LogP contribution in [-0.4, -0.2) is 16.8 Å². The van der Waals surface area contributed by atoms with Crippen molar-refractivity contribution >= 4 is 46.0 Å². The largest absolute Gasteiger partial charge is 0.494 e. The average Bonchev–Trinajstić information content (AvgIpc) is 3.07. The number of thioether (sulfide) groups is 1. The third kappa shape index (κ3) is 5.21. The normalized spacial score (nSPS) is 14.8. The lowest BCUT2D eigenvalue weighted by molar-refractivity contribution is -0.113. The number of thiocarbonyl (C=S) groups is 1. The summed E-state index contributed by atoms with van der Waals surface area (Å²) < 4.78 is 11.9. The van der Waals surface area contributed by atoms with Gasteiger partial charge in [-0.05, 0) is 67.4 Å². The minimum atomic E-state index is -0.130. The first-order chi connectivity index (χ1) is 15.5.